The molecule has 0 fully saturated rings. The van der Waals surface area contributed by atoms with E-state index in [0.717, 1.165) is 10.1 Å². The van der Waals surface area contributed by atoms with Crippen molar-refractivity contribution in [2.75, 3.05) is 5.73 Å². The largest absolute Gasteiger partial charge is 0.382 e. The highest BCUT2D eigenvalue weighted by atomic mass is 79.9. The lowest BCUT2D eigenvalue weighted by Crippen LogP contribution is -1.81. The van der Waals surface area contributed by atoms with Crippen LogP contribution in [-0.4, -0.2) is 9.38 Å². The summed E-state index contributed by atoms with van der Waals surface area (Å²) in [7, 11) is 0. The molecule has 1 radical (unpaired) electrons. The van der Waals surface area contributed by atoms with Crippen LogP contribution in [0.3, 0.4) is 0 Å². The number of fused-ring (bicyclic) bond motifs is 1. The molecule has 0 aliphatic carbocycles. The highest BCUT2D eigenvalue weighted by molar-refractivity contribution is 9.10. The highest BCUT2D eigenvalue weighted by Gasteiger charge is 1.97. The Hall–Kier alpha value is -1.03. The number of rotatable bonds is 0. The van der Waals surface area contributed by atoms with Gasteiger partial charge in [-0.05, 0) is 28.1 Å². The van der Waals surface area contributed by atoms with Gasteiger partial charge in [0.25, 0.3) is 0 Å². The van der Waals surface area contributed by atoms with Crippen molar-refractivity contribution in [3.05, 3.63) is 29.0 Å². The van der Waals surface area contributed by atoms with Gasteiger partial charge in [0, 0.05) is 10.7 Å². The minimum atomic E-state index is 0.420. The molecule has 3 nitrogen and oxygen atoms in total. The molecule has 0 spiro atoms. The molecule has 0 amide bonds. The van der Waals surface area contributed by atoms with Crippen LogP contribution in [0.1, 0.15) is 0 Å². The Morgan fingerprint density at radius 1 is 1.55 bits per heavy atom. The predicted molar refractivity (Wildman–Crippen MR) is 46.1 cm³/mol. The van der Waals surface area contributed by atoms with Crippen LogP contribution in [0.4, 0.5) is 5.82 Å². The third kappa shape index (κ3) is 1.09. The van der Waals surface area contributed by atoms with Crippen LogP contribution >= 0.6 is 15.9 Å². The Kier molecular flexibility index (Phi) is 1.35. The van der Waals surface area contributed by atoms with Crippen molar-refractivity contribution >= 4 is 27.4 Å². The minimum Gasteiger partial charge on any atom is -0.382 e. The lowest BCUT2D eigenvalue weighted by molar-refractivity contribution is 1.17. The van der Waals surface area contributed by atoms with Gasteiger partial charge in [0.1, 0.15) is 11.8 Å². The van der Waals surface area contributed by atoms with E-state index < -0.39 is 0 Å². The molecule has 55 valence electrons. The third-order valence-electron chi connectivity index (χ3n) is 1.36. The van der Waals surface area contributed by atoms with Gasteiger partial charge >= 0.3 is 0 Å². The summed E-state index contributed by atoms with van der Waals surface area (Å²) in [6.07, 6.45) is 4.71. The van der Waals surface area contributed by atoms with Gasteiger partial charge in [-0.25, -0.2) is 4.98 Å². The topological polar surface area (TPSA) is 43.3 Å². The molecule has 2 aromatic rings. The third-order valence-corrected chi connectivity index (χ3v) is 1.83. The highest BCUT2D eigenvalue weighted by Crippen LogP contribution is 2.12. The molecule has 0 aliphatic heterocycles. The quantitative estimate of drug-likeness (QED) is 0.717. The van der Waals surface area contributed by atoms with Crippen LogP contribution in [0.2, 0.25) is 0 Å². The standard InChI is InChI=1S/C7H5BrN3/c8-5-1-2-7-10-6(9)4-11(7)3-5/h1-3H,9H2. The first-order valence-electron chi connectivity index (χ1n) is 3.08. The number of nitrogen functional groups attached to an aromatic ring is 1. The van der Waals surface area contributed by atoms with Gasteiger partial charge in [-0.3, -0.25) is 4.40 Å². The fourth-order valence-corrected chi connectivity index (χ4v) is 1.26. The number of pyridine rings is 1. The summed E-state index contributed by atoms with van der Waals surface area (Å²) in [5, 5.41) is 0. The number of aromatic nitrogens is 2. The number of nitrogens with zero attached hydrogens (tertiary/aromatic N) is 2. The fraction of sp³-hybridized carbons (Fsp3) is 0. The molecule has 0 aliphatic rings. The second kappa shape index (κ2) is 2.23. The van der Waals surface area contributed by atoms with Crippen molar-refractivity contribution in [3.8, 4) is 0 Å². The van der Waals surface area contributed by atoms with Gasteiger partial charge < -0.3 is 5.73 Å². The molecular weight excluding hydrogens is 206 g/mol. The molecule has 11 heavy (non-hydrogen) atoms. The monoisotopic (exact) mass is 210 g/mol. The zero-order chi connectivity index (χ0) is 7.84. The summed E-state index contributed by atoms with van der Waals surface area (Å²) in [5.41, 5.74) is 6.25. The van der Waals surface area contributed by atoms with Crippen LogP contribution in [0.5, 0.6) is 0 Å². The second-order valence-electron chi connectivity index (χ2n) is 2.18. The normalized spacial score (nSPS) is 10.6. The van der Waals surface area contributed by atoms with E-state index in [0.29, 0.717) is 5.82 Å². The summed E-state index contributed by atoms with van der Waals surface area (Å²) in [6.45, 7) is 0. The number of hydrogen-bond acceptors (Lipinski definition) is 2. The van der Waals surface area contributed by atoms with Gasteiger partial charge in [-0.15, -0.1) is 0 Å². The zero-order valence-corrected chi connectivity index (χ0v) is 7.17. The van der Waals surface area contributed by atoms with Crippen molar-refractivity contribution in [1.29, 1.82) is 0 Å². The van der Waals surface area contributed by atoms with Crippen LogP contribution < -0.4 is 5.73 Å². The molecule has 0 atom stereocenters. The van der Waals surface area contributed by atoms with E-state index in [4.69, 9.17) is 5.73 Å². The van der Waals surface area contributed by atoms with E-state index in [1.807, 2.05) is 18.3 Å². The molecule has 4 heteroatoms. The molecule has 2 aromatic heterocycles. The van der Waals surface area contributed by atoms with E-state index in [-0.39, 0.29) is 0 Å². The van der Waals surface area contributed by atoms with Crippen molar-refractivity contribution in [2.24, 2.45) is 0 Å². The molecular formula is C7H5BrN3. The van der Waals surface area contributed by atoms with Gasteiger partial charge in [0.2, 0.25) is 0 Å². The van der Waals surface area contributed by atoms with E-state index >= 15 is 0 Å². The van der Waals surface area contributed by atoms with E-state index in [1.165, 1.54) is 0 Å². The number of anilines is 1. The van der Waals surface area contributed by atoms with Crippen molar-refractivity contribution in [2.45, 2.75) is 0 Å². The molecule has 0 saturated carbocycles. The Morgan fingerprint density at radius 2 is 2.36 bits per heavy atom. The maximum absolute atomic E-state index is 5.44. The van der Waals surface area contributed by atoms with Gasteiger partial charge in [-0.2, -0.15) is 0 Å². The zero-order valence-electron chi connectivity index (χ0n) is 5.58. The molecule has 2 N–H and O–H groups in total. The Bertz CT molecular complexity index is 393. The van der Waals surface area contributed by atoms with Crippen molar-refractivity contribution < 1.29 is 0 Å². The molecule has 0 unspecified atom stereocenters. The van der Waals surface area contributed by atoms with Gasteiger partial charge in [0.15, 0.2) is 5.82 Å². The Balaban J connectivity index is 2.82. The van der Waals surface area contributed by atoms with E-state index in [1.54, 1.807) is 4.40 Å². The maximum atomic E-state index is 5.44. The number of imidazole rings is 1. The molecule has 0 aromatic carbocycles. The predicted octanol–water partition coefficient (Wildman–Crippen LogP) is 1.48. The van der Waals surface area contributed by atoms with E-state index in [9.17, 15) is 0 Å². The Morgan fingerprint density at radius 3 is 3.18 bits per heavy atom. The summed E-state index contributed by atoms with van der Waals surface area (Å²) in [5.74, 6) is 0.420. The average Bonchev–Trinajstić information content (AvgIpc) is 2.27. The molecule has 2 heterocycles. The fourth-order valence-electron chi connectivity index (χ4n) is 0.919. The first kappa shape index (κ1) is 6.67. The smallest absolute Gasteiger partial charge is 0.152 e. The summed E-state index contributed by atoms with van der Waals surface area (Å²) in [6, 6.07) is 3.78. The van der Waals surface area contributed by atoms with Gasteiger partial charge in [-0.1, -0.05) is 0 Å². The van der Waals surface area contributed by atoms with Crippen LogP contribution in [0.25, 0.3) is 5.65 Å². The summed E-state index contributed by atoms with van der Waals surface area (Å²) < 4.78 is 2.73. The molecule has 0 bridgehead atoms. The maximum Gasteiger partial charge on any atom is 0.152 e. The second-order valence-corrected chi connectivity index (χ2v) is 3.10. The number of halogens is 1. The van der Waals surface area contributed by atoms with Crippen molar-refractivity contribution in [1.82, 2.24) is 9.38 Å². The lowest BCUT2D eigenvalue weighted by atomic mass is 10.5. The molecule has 0 saturated heterocycles. The summed E-state index contributed by atoms with van der Waals surface area (Å²) >= 11 is 3.33. The van der Waals surface area contributed by atoms with Gasteiger partial charge in [0.05, 0.1) is 0 Å². The SMILES string of the molecule is Nc1[c]n2cc(Br)ccc2n1. The molecule has 2 rings (SSSR count). The Labute approximate surface area is 72.0 Å². The van der Waals surface area contributed by atoms with Crippen molar-refractivity contribution in [3.63, 3.8) is 0 Å². The summed E-state index contributed by atoms with van der Waals surface area (Å²) in [4.78, 5) is 4.02. The van der Waals surface area contributed by atoms with E-state index in [2.05, 4.69) is 27.1 Å². The van der Waals surface area contributed by atoms with Crippen LogP contribution in [0, 0.1) is 6.20 Å². The minimum absolute atomic E-state index is 0.420. The first-order chi connectivity index (χ1) is 5.25. The lowest BCUT2D eigenvalue weighted by Gasteiger charge is -1.90. The number of nitrogens with two attached hydrogens (primary N) is 1. The number of hydrogen-bond donors (Lipinski definition) is 1. The van der Waals surface area contributed by atoms with Crippen LogP contribution in [0.15, 0.2) is 22.8 Å². The van der Waals surface area contributed by atoms with Crippen LogP contribution in [-0.2, 0) is 0 Å². The average molecular weight is 211 g/mol. The first-order valence-corrected chi connectivity index (χ1v) is 3.87.